The van der Waals surface area contributed by atoms with Gasteiger partial charge in [0.05, 0.1) is 16.3 Å². The van der Waals surface area contributed by atoms with E-state index in [4.69, 9.17) is 0 Å². The van der Waals surface area contributed by atoms with E-state index in [-0.39, 0.29) is 16.5 Å². The molecule has 0 unspecified atom stereocenters. The minimum absolute atomic E-state index is 0.00827. The van der Waals surface area contributed by atoms with Crippen molar-refractivity contribution in [2.75, 3.05) is 17.8 Å². The minimum atomic E-state index is -4.02. The zero-order chi connectivity index (χ0) is 23.6. The number of sulfonamides is 1. The fourth-order valence-corrected chi connectivity index (χ4v) is 5.23. The number of anilines is 1. The average molecular weight is 469 g/mol. The molecule has 8 nitrogen and oxygen atoms in total. The van der Waals surface area contributed by atoms with Gasteiger partial charge in [-0.25, -0.2) is 13.1 Å². The Bertz CT molecular complexity index is 1300. The van der Waals surface area contributed by atoms with E-state index in [0.29, 0.717) is 16.9 Å². The van der Waals surface area contributed by atoms with Crippen LogP contribution in [0.15, 0.2) is 64.3 Å². The lowest BCUT2D eigenvalue weighted by Gasteiger charge is -2.20. The maximum atomic E-state index is 13.0. The zero-order valence-electron chi connectivity index (χ0n) is 18.8. The molecule has 4 rings (SSSR count). The number of carbonyl (C=O) groups excluding carboxylic acids is 1. The summed E-state index contributed by atoms with van der Waals surface area (Å²) in [5.41, 5.74) is 1.11. The SMILES string of the molecule is Cc1c(NS(=O)(=O)c2ccc(C(=O)N3CCCCCC3)cc2)c(=O)n(-c2ccccc2)n1C. The molecule has 0 spiro atoms. The molecule has 1 aliphatic heterocycles. The van der Waals surface area contributed by atoms with Gasteiger partial charge in [0.1, 0.15) is 5.69 Å². The van der Waals surface area contributed by atoms with E-state index in [2.05, 4.69) is 4.72 Å². The van der Waals surface area contributed by atoms with Crippen LogP contribution in [0, 0.1) is 6.92 Å². The summed E-state index contributed by atoms with van der Waals surface area (Å²) in [4.78, 5) is 27.6. The molecule has 33 heavy (non-hydrogen) atoms. The van der Waals surface area contributed by atoms with Crippen molar-refractivity contribution in [2.45, 2.75) is 37.5 Å². The van der Waals surface area contributed by atoms with Crippen LogP contribution in [0.3, 0.4) is 0 Å². The second kappa shape index (κ2) is 9.27. The van der Waals surface area contributed by atoms with Gasteiger partial charge in [0, 0.05) is 25.7 Å². The van der Waals surface area contributed by atoms with Crippen LogP contribution in [-0.4, -0.2) is 41.7 Å². The third kappa shape index (κ3) is 4.59. The summed E-state index contributed by atoms with van der Waals surface area (Å²) >= 11 is 0. The van der Waals surface area contributed by atoms with E-state index in [0.717, 1.165) is 38.8 Å². The third-order valence-electron chi connectivity index (χ3n) is 6.10. The molecule has 1 saturated heterocycles. The van der Waals surface area contributed by atoms with Crippen LogP contribution in [0.2, 0.25) is 0 Å². The number of carbonyl (C=O) groups is 1. The Kier molecular flexibility index (Phi) is 6.42. The van der Waals surface area contributed by atoms with Crippen LogP contribution < -0.4 is 10.3 Å². The maximum Gasteiger partial charge on any atom is 0.296 e. The number of hydrogen-bond donors (Lipinski definition) is 1. The Morgan fingerprint density at radius 1 is 0.909 bits per heavy atom. The maximum absolute atomic E-state index is 13.0. The van der Waals surface area contributed by atoms with E-state index in [1.54, 1.807) is 30.8 Å². The van der Waals surface area contributed by atoms with Crippen molar-refractivity contribution >= 4 is 21.6 Å². The Labute approximate surface area is 193 Å². The van der Waals surface area contributed by atoms with Gasteiger partial charge in [-0.1, -0.05) is 31.0 Å². The summed E-state index contributed by atoms with van der Waals surface area (Å²) in [6.07, 6.45) is 4.22. The molecule has 2 aromatic carbocycles. The van der Waals surface area contributed by atoms with Gasteiger partial charge in [-0.05, 0) is 56.2 Å². The van der Waals surface area contributed by atoms with Gasteiger partial charge in [-0.15, -0.1) is 0 Å². The first-order valence-corrected chi connectivity index (χ1v) is 12.5. The first kappa shape index (κ1) is 22.8. The van der Waals surface area contributed by atoms with Gasteiger partial charge in [0.25, 0.3) is 21.5 Å². The highest BCUT2D eigenvalue weighted by molar-refractivity contribution is 7.92. The summed E-state index contributed by atoms with van der Waals surface area (Å²) in [6.45, 7) is 3.13. The summed E-state index contributed by atoms with van der Waals surface area (Å²) in [5, 5.41) is 0. The minimum Gasteiger partial charge on any atom is -0.339 e. The molecule has 0 saturated carbocycles. The molecule has 1 aromatic heterocycles. The van der Waals surface area contributed by atoms with Gasteiger partial charge in [0.15, 0.2) is 0 Å². The van der Waals surface area contributed by atoms with Gasteiger partial charge in [0.2, 0.25) is 0 Å². The fraction of sp³-hybridized carbons (Fsp3) is 0.333. The zero-order valence-corrected chi connectivity index (χ0v) is 19.6. The number of para-hydroxylation sites is 1. The predicted molar refractivity (Wildman–Crippen MR) is 127 cm³/mol. The van der Waals surface area contributed by atoms with Crippen LogP contribution in [0.4, 0.5) is 5.69 Å². The van der Waals surface area contributed by atoms with Crippen molar-refractivity contribution in [3.63, 3.8) is 0 Å². The van der Waals surface area contributed by atoms with Crippen molar-refractivity contribution in [3.8, 4) is 5.69 Å². The lowest BCUT2D eigenvalue weighted by molar-refractivity contribution is 0.0761. The lowest BCUT2D eigenvalue weighted by atomic mass is 10.2. The van der Waals surface area contributed by atoms with Crippen LogP contribution in [0.5, 0.6) is 0 Å². The van der Waals surface area contributed by atoms with E-state index in [1.807, 2.05) is 23.1 Å². The molecule has 1 amide bonds. The molecular weight excluding hydrogens is 440 g/mol. The molecule has 9 heteroatoms. The average Bonchev–Trinajstić information content (AvgIpc) is 3.03. The number of nitrogens with zero attached hydrogens (tertiary/aromatic N) is 3. The van der Waals surface area contributed by atoms with E-state index in [9.17, 15) is 18.0 Å². The van der Waals surface area contributed by atoms with E-state index >= 15 is 0 Å². The van der Waals surface area contributed by atoms with Gasteiger partial charge in [-0.2, -0.15) is 0 Å². The van der Waals surface area contributed by atoms with Crippen LogP contribution >= 0.6 is 0 Å². The van der Waals surface area contributed by atoms with E-state index in [1.165, 1.54) is 28.9 Å². The number of likely N-dealkylation sites (tertiary alicyclic amines) is 1. The van der Waals surface area contributed by atoms with Gasteiger partial charge >= 0.3 is 0 Å². The lowest BCUT2D eigenvalue weighted by Crippen LogP contribution is -2.31. The molecule has 1 N–H and O–H groups in total. The Hall–Kier alpha value is -3.33. The Morgan fingerprint density at radius 3 is 2.12 bits per heavy atom. The van der Waals surface area contributed by atoms with Gasteiger partial charge < -0.3 is 4.90 Å². The first-order valence-electron chi connectivity index (χ1n) is 11.1. The molecule has 0 atom stereocenters. The van der Waals surface area contributed by atoms with Crippen LogP contribution in [0.25, 0.3) is 5.69 Å². The molecule has 0 bridgehead atoms. The standard InChI is InChI=1S/C24H28N4O4S/c1-18-22(24(30)28(26(18)2)20-10-6-5-7-11-20)25-33(31,32)21-14-12-19(13-15-21)23(29)27-16-8-3-4-9-17-27/h5-7,10-15,25H,3-4,8-9,16-17H2,1-2H3. The van der Waals surface area contributed by atoms with Crippen molar-refractivity contribution < 1.29 is 13.2 Å². The molecule has 174 valence electrons. The number of hydrogen-bond acceptors (Lipinski definition) is 4. The normalized spacial score (nSPS) is 14.7. The summed E-state index contributed by atoms with van der Waals surface area (Å²) < 4.78 is 31.5. The number of rotatable bonds is 5. The fourth-order valence-electron chi connectivity index (χ4n) is 4.11. The smallest absolute Gasteiger partial charge is 0.296 e. The summed E-state index contributed by atoms with van der Waals surface area (Å²) in [6, 6.07) is 14.9. The molecule has 3 aromatic rings. The van der Waals surface area contributed by atoms with E-state index < -0.39 is 15.6 Å². The highest BCUT2D eigenvalue weighted by Crippen LogP contribution is 2.20. The summed E-state index contributed by atoms with van der Waals surface area (Å²) in [7, 11) is -2.32. The number of nitrogens with one attached hydrogen (secondary N) is 1. The quantitative estimate of drug-likeness (QED) is 0.622. The molecule has 0 radical (unpaired) electrons. The molecular formula is C24H28N4O4S. The number of aromatic nitrogens is 2. The number of amides is 1. The second-order valence-electron chi connectivity index (χ2n) is 8.27. The van der Waals surface area contributed by atoms with Crippen LogP contribution in [-0.2, 0) is 17.1 Å². The van der Waals surface area contributed by atoms with Gasteiger partial charge in [-0.3, -0.25) is 19.0 Å². The van der Waals surface area contributed by atoms with Crippen molar-refractivity contribution in [3.05, 3.63) is 76.2 Å². The highest BCUT2D eigenvalue weighted by Gasteiger charge is 2.23. The summed E-state index contributed by atoms with van der Waals surface area (Å²) in [5.74, 6) is -0.0848. The predicted octanol–water partition coefficient (Wildman–Crippen LogP) is 3.30. The molecule has 2 heterocycles. The second-order valence-corrected chi connectivity index (χ2v) is 9.96. The Balaban J connectivity index is 1.59. The monoisotopic (exact) mass is 468 g/mol. The van der Waals surface area contributed by atoms with Crippen molar-refractivity contribution in [1.29, 1.82) is 0 Å². The molecule has 1 aliphatic rings. The largest absolute Gasteiger partial charge is 0.339 e. The third-order valence-corrected chi connectivity index (χ3v) is 7.46. The topological polar surface area (TPSA) is 93.4 Å². The van der Waals surface area contributed by atoms with Crippen molar-refractivity contribution in [1.82, 2.24) is 14.3 Å². The number of benzene rings is 2. The first-order chi connectivity index (χ1) is 15.8. The van der Waals surface area contributed by atoms with Crippen molar-refractivity contribution in [2.24, 2.45) is 7.05 Å². The van der Waals surface area contributed by atoms with Crippen LogP contribution in [0.1, 0.15) is 41.7 Å². The highest BCUT2D eigenvalue weighted by atomic mass is 32.2. The molecule has 0 aliphatic carbocycles. The molecule has 1 fully saturated rings. The Morgan fingerprint density at radius 2 is 1.52 bits per heavy atom.